The zero-order chi connectivity index (χ0) is 14.7. The fourth-order valence-corrected chi connectivity index (χ4v) is 2.67. The first-order valence-corrected chi connectivity index (χ1v) is 6.92. The maximum Gasteiger partial charge on any atom is 0.335 e. The second-order valence-electron chi connectivity index (χ2n) is 4.96. The smallest absolute Gasteiger partial charge is 0.335 e. The lowest BCUT2D eigenvalue weighted by Gasteiger charge is -2.28. The van der Waals surface area contributed by atoms with Gasteiger partial charge in [0.2, 0.25) is 0 Å². The topological polar surface area (TPSA) is 81.8 Å². The maximum absolute atomic E-state index is 11.0. The quantitative estimate of drug-likeness (QED) is 0.893. The van der Waals surface area contributed by atoms with Crippen molar-refractivity contribution in [2.75, 3.05) is 7.11 Å². The molecular weight excluding hydrogens is 282 g/mol. The highest BCUT2D eigenvalue weighted by molar-refractivity contribution is 6.32. The summed E-state index contributed by atoms with van der Waals surface area (Å²) in [5, 5.41) is 9.24. The van der Waals surface area contributed by atoms with Crippen LogP contribution in [0.3, 0.4) is 0 Å². The van der Waals surface area contributed by atoms with Crippen LogP contribution in [-0.2, 0) is 0 Å². The third-order valence-corrected chi connectivity index (χ3v) is 3.71. The first-order valence-electron chi connectivity index (χ1n) is 6.54. The zero-order valence-electron chi connectivity index (χ0n) is 11.3. The average molecular weight is 300 g/mol. The summed E-state index contributed by atoms with van der Waals surface area (Å²) in [6.07, 6.45) is 3.68. The summed E-state index contributed by atoms with van der Waals surface area (Å²) >= 11 is 6.11. The van der Waals surface area contributed by atoms with Crippen molar-refractivity contribution in [3.8, 4) is 11.5 Å². The highest BCUT2D eigenvalue weighted by atomic mass is 35.5. The van der Waals surface area contributed by atoms with Gasteiger partial charge in [-0.25, -0.2) is 4.79 Å². The summed E-state index contributed by atoms with van der Waals surface area (Å²) in [5.41, 5.74) is 6.00. The Kier molecular flexibility index (Phi) is 4.73. The second kappa shape index (κ2) is 6.33. The molecule has 1 fully saturated rings. The van der Waals surface area contributed by atoms with Crippen molar-refractivity contribution >= 4 is 17.6 Å². The number of halogens is 1. The summed E-state index contributed by atoms with van der Waals surface area (Å²) in [7, 11) is 1.46. The normalized spacial score (nSPS) is 22.4. The minimum absolute atomic E-state index is 0.0131. The molecule has 20 heavy (non-hydrogen) atoms. The fourth-order valence-electron chi connectivity index (χ4n) is 2.41. The molecule has 0 aromatic heterocycles. The summed E-state index contributed by atoms with van der Waals surface area (Å²) < 4.78 is 11.1. The van der Waals surface area contributed by atoms with Gasteiger partial charge in [0.15, 0.2) is 11.5 Å². The van der Waals surface area contributed by atoms with Crippen molar-refractivity contribution < 1.29 is 19.4 Å². The molecule has 110 valence electrons. The van der Waals surface area contributed by atoms with Crippen molar-refractivity contribution in [2.24, 2.45) is 5.73 Å². The Morgan fingerprint density at radius 2 is 2.20 bits per heavy atom. The van der Waals surface area contributed by atoms with E-state index in [0.717, 1.165) is 25.7 Å². The lowest BCUT2D eigenvalue weighted by atomic mass is 9.93. The van der Waals surface area contributed by atoms with Gasteiger partial charge in [-0.2, -0.15) is 0 Å². The van der Waals surface area contributed by atoms with Crippen LogP contribution in [0.5, 0.6) is 11.5 Å². The number of rotatable bonds is 4. The van der Waals surface area contributed by atoms with E-state index >= 15 is 0 Å². The molecule has 1 saturated carbocycles. The fraction of sp³-hybridized carbons (Fsp3) is 0.500. The monoisotopic (exact) mass is 299 g/mol. The first kappa shape index (κ1) is 14.9. The minimum atomic E-state index is -1.06. The van der Waals surface area contributed by atoms with Crippen LogP contribution in [0.1, 0.15) is 36.0 Å². The summed E-state index contributed by atoms with van der Waals surface area (Å²) in [5.74, 6) is -0.344. The van der Waals surface area contributed by atoms with Gasteiger partial charge in [-0.15, -0.1) is 0 Å². The van der Waals surface area contributed by atoms with Gasteiger partial charge in [-0.05, 0) is 37.8 Å². The number of ether oxygens (including phenoxy) is 2. The zero-order valence-corrected chi connectivity index (χ0v) is 12.0. The van der Waals surface area contributed by atoms with Crippen LogP contribution in [0.15, 0.2) is 12.1 Å². The number of benzene rings is 1. The minimum Gasteiger partial charge on any atom is -0.493 e. The van der Waals surface area contributed by atoms with Gasteiger partial charge < -0.3 is 20.3 Å². The van der Waals surface area contributed by atoms with Gasteiger partial charge in [-0.3, -0.25) is 0 Å². The molecule has 0 bridgehead atoms. The Morgan fingerprint density at radius 3 is 2.80 bits per heavy atom. The van der Waals surface area contributed by atoms with Gasteiger partial charge in [0.1, 0.15) is 6.10 Å². The maximum atomic E-state index is 11.0. The molecule has 0 heterocycles. The van der Waals surface area contributed by atoms with Crippen molar-refractivity contribution in [3.63, 3.8) is 0 Å². The SMILES string of the molecule is COc1cc(C(=O)O)cc(Cl)c1OC1CCCC(N)C1. The van der Waals surface area contributed by atoms with E-state index in [1.54, 1.807) is 0 Å². The molecule has 2 atom stereocenters. The van der Waals surface area contributed by atoms with Crippen molar-refractivity contribution in [1.29, 1.82) is 0 Å². The lowest BCUT2D eigenvalue weighted by molar-refractivity contribution is 0.0696. The molecule has 2 unspecified atom stereocenters. The van der Waals surface area contributed by atoms with E-state index in [-0.39, 0.29) is 22.7 Å². The van der Waals surface area contributed by atoms with E-state index in [2.05, 4.69) is 0 Å². The van der Waals surface area contributed by atoms with Crippen LogP contribution in [-0.4, -0.2) is 30.3 Å². The van der Waals surface area contributed by atoms with Crippen LogP contribution in [0.4, 0.5) is 0 Å². The van der Waals surface area contributed by atoms with Gasteiger partial charge in [0, 0.05) is 6.04 Å². The van der Waals surface area contributed by atoms with E-state index in [1.807, 2.05) is 0 Å². The van der Waals surface area contributed by atoms with E-state index in [1.165, 1.54) is 19.2 Å². The highest BCUT2D eigenvalue weighted by Gasteiger charge is 2.24. The predicted molar refractivity (Wildman–Crippen MR) is 75.8 cm³/mol. The van der Waals surface area contributed by atoms with E-state index in [4.69, 9.17) is 31.9 Å². The molecule has 1 aromatic rings. The molecule has 3 N–H and O–H groups in total. The Labute approximate surface area is 122 Å². The predicted octanol–water partition coefficient (Wildman–Crippen LogP) is 2.70. The standard InChI is InChI=1S/C14H18ClNO4/c1-19-12-6-8(14(17)18)5-11(15)13(12)20-10-4-2-3-9(16)7-10/h5-6,9-10H,2-4,7,16H2,1H3,(H,17,18). The molecule has 6 heteroatoms. The van der Waals surface area contributed by atoms with Gasteiger partial charge >= 0.3 is 5.97 Å². The van der Waals surface area contributed by atoms with Crippen LogP contribution < -0.4 is 15.2 Å². The number of carboxylic acid groups (broad SMARTS) is 1. The number of carboxylic acids is 1. The number of nitrogens with two attached hydrogens (primary N) is 1. The number of aromatic carboxylic acids is 1. The summed E-state index contributed by atoms with van der Waals surface area (Å²) in [6, 6.07) is 2.91. The van der Waals surface area contributed by atoms with Gasteiger partial charge in [-0.1, -0.05) is 11.6 Å². The Balaban J connectivity index is 2.24. The lowest BCUT2D eigenvalue weighted by Crippen LogP contribution is -2.33. The second-order valence-corrected chi connectivity index (χ2v) is 5.37. The molecule has 0 aliphatic heterocycles. The van der Waals surface area contributed by atoms with Crippen molar-refractivity contribution in [2.45, 2.75) is 37.8 Å². The number of carbonyl (C=O) groups is 1. The van der Waals surface area contributed by atoms with Gasteiger partial charge in [0.05, 0.1) is 17.7 Å². The Hall–Kier alpha value is -1.46. The van der Waals surface area contributed by atoms with Crippen LogP contribution in [0.2, 0.25) is 5.02 Å². The molecule has 0 spiro atoms. The number of hydrogen-bond donors (Lipinski definition) is 2. The molecule has 1 aromatic carbocycles. The third kappa shape index (κ3) is 3.35. The summed E-state index contributed by atoms with van der Waals surface area (Å²) in [6.45, 7) is 0. The molecule has 2 rings (SSSR count). The third-order valence-electron chi connectivity index (χ3n) is 3.43. The molecular formula is C14H18ClNO4. The Bertz CT molecular complexity index is 506. The molecule has 1 aliphatic carbocycles. The molecule has 0 amide bonds. The van der Waals surface area contributed by atoms with Gasteiger partial charge in [0.25, 0.3) is 0 Å². The van der Waals surface area contributed by atoms with E-state index in [0.29, 0.717) is 11.5 Å². The van der Waals surface area contributed by atoms with E-state index in [9.17, 15) is 4.79 Å². The van der Waals surface area contributed by atoms with Crippen molar-refractivity contribution in [1.82, 2.24) is 0 Å². The number of methoxy groups -OCH3 is 1. The largest absolute Gasteiger partial charge is 0.493 e. The molecule has 1 aliphatic rings. The highest BCUT2D eigenvalue weighted by Crippen LogP contribution is 2.38. The van der Waals surface area contributed by atoms with Crippen LogP contribution >= 0.6 is 11.6 Å². The molecule has 5 nitrogen and oxygen atoms in total. The molecule has 0 radical (unpaired) electrons. The van der Waals surface area contributed by atoms with Crippen molar-refractivity contribution in [3.05, 3.63) is 22.7 Å². The van der Waals surface area contributed by atoms with Crippen LogP contribution in [0.25, 0.3) is 0 Å². The number of hydrogen-bond acceptors (Lipinski definition) is 4. The van der Waals surface area contributed by atoms with E-state index < -0.39 is 5.97 Å². The summed E-state index contributed by atoms with van der Waals surface area (Å²) in [4.78, 5) is 11.0. The first-order chi connectivity index (χ1) is 9.51. The Morgan fingerprint density at radius 1 is 1.45 bits per heavy atom. The average Bonchev–Trinajstić information content (AvgIpc) is 2.40. The molecule has 0 saturated heterocycles. The van der Waals surface area contributed by atoms with Crippen LogP contribution in [0, 0.1) is 0 Å².